The standard InChI is InChI=1S/C13H24N2O/c1-13(6-9-16-10-7-13)11-15-12-5-3-2-4-8-14-12/h2-11H2,1H3,(H,14,15). The molecule has 0 unspecified atom stereocenters. The minimum Gasteiger partial charge on any atom is -0.381 e. The Hall–Kier alpha value is -0.570. The molecule has 2 aliphatic heterocycles. The van der Waals surface area contributed by atoms with Crippen LogP contribution in [-0.2, 0) is 4.74 Å². The molecular weight excluding hydrogens is 200 g/mol. The van der Waals surface area contributed by atoms with Crippen molar-refractivity contribution in [2.45, 2.75) is 45.4 Å². The van der Waals surface area contributed by atoms with Crippen molar-refractivity contribution in [1.82, 2.24) is 5.32 Å². The molecule has 0 radical (unpaired) electrons. The van der Waals surface area contributed by atoms with Crippen LogP contribution in [0.2, 0.25) is 0 Å². The van der Waals surface area contributed by atoms with Gasteiger partial charge in [-0.1, -0.05) is 13.3 Å². The third-order valence-electron chi connectivity index (χ3n) is 3.79. The van der Waals surface area contributed by atoms with E-state index in [0.29, 0.717) is 5.41 Å². The molecule has 0 spiro atoms. The van der Waals surface area contributed by atoms with E-state index in [1.807, 2.05) is 0 Å². The predicted octanol–water partition coefficient (Wildman–Crippen LogP) is 2.37. The lowest BCUT2D eigenvalue weighted by molar-refractivity contribution is 0.0261. The summed E-state index contributed by atoms with van der Waals surface area (Å²) in [5, 5.41) is 3.57. The van der Waals surface area contributed by atoms with Crippen LogP contribution in [0.15, 0.2) is 4.99 Å². The quantitative estimate of drug-likeness (QED) is 0.781. The molecule has 2 rings (SSSR count). The molecule has 1 fully saturated rings. The zero-order valence-electron chi connectivity index (χ0n) is 10.4. The van der Waals surface area contributed by atoms with Crippen molar-refractivity contribution in [2.75, 3.05) is 26.3 Å². The summed E-state index contributed by atoms with van der Waals surface area (Å²) in [5.74, 6) is 1.24. The summed E-state index contributed by atoms with van der Waals surface area (Å²) in [7, 11) is 0. The number of hydrogen-bond acceptors (Lipinski definition) is 3. The second kappa shape index (κ2) is 5.67. The van der Waals surface area contributed by atoms with Gasteiger partial charge in [0.1, 0.15) is 0 Å². The lowest BCUT2D eigenvalue weighted by Crippen LogP contribution is -2.39. The van der Waals surface area contributed by atoms with E-state index >= 15 is 0 Å². The van der Waals surface area contributed by atoms with Gasteiger partial charge in [-0.15, -0.1) is 0 Å². The normalized spacial score (nSPS) is 25.7. The Labute approximate surface area is 98.7 Å². The average molecular weight is 224 g/mol. The van der Waals surface area contributed by atoms with E-state index in [-0.39, 0.29) is 0 Å². The maximum Gasteiger partial charge on any atom is 0.0963 e. The first kappa shape index (κ1) is 11.9. The van der Waals surface area contributed by atoms with Gasteiger partial charge in [0, 0.05) is 32.7 Å². The van der Waals surface area contributed by atoms with E-state index in [9.17, 15) is 0 Å². The Morgan fingerprint density at radius 2 is 2.06 bits per heavy atom. The first-order valence-electron chi connectivity index (χ1n) is 6.63. The SMILES string of the molecule is CC1(CNC2=NCCCCC2)CCOCC1. The molecule has 16 heavy (non-hydrogen) atoms. The number of ether oxygens (including phenoxy) is 1. The molecular formula is C13H24N2O. The van der Waals surface area contributed by atoms with Crippen LogP contribution >= 0.6 is 0 Å². The van der Waals surface area contributed by atoms with Gasteiger partial charge in [0.25, 0.3) is 0 Å². The molecule has 0 aromatic heterocycles. The van der Waals surface area contributed by atoms with Crippen molar-refractivity contribution in [3.05, 3.63) is 0 Å². The number of rotatable bonds is 2. The Balaban J connectivity index is 1.78. The van der Waals surface area contributed by atoms with Crippen molar-refractivity contribution in [3.63, 3.8) is 0 Å². The highest BCUT2D eigenvalue weighted by Gasteiger charge is 2.27. The third-order valence-corrected chi connectivity index (χ3v) is 3.79. The minimum absolute atomic E-state index is 0.410. The van der Waals surface area contributed by atoms with Crippen LogP contribution in [0.5, 0.6) is 0 Å². The number of nitrogens with one attached hydrogen (secondary N) is 1. The molecule has 0 bridgehead atoms. The second-order valence-electron chi connectivity index (χ2n) is 5.42. The molecule has 0 amide bonds. The van der Waals surface area contributed by atoms with Gasteiger partial charge in [0.15, 0.2) is 0 Å². The highest BCUT2D eigenvalue weighted by Crippen LogP contribution is 2.28. The zero-order valence-corrected chi connectivity index (χ0v) is 10.4. The van der Waals surface area contributed by atoms with Crippen molar-refractivity contribution in [3.8, 4) is 0 Å². The number of amidine groups is 1. The van der Waals surface area contributed by atoms with Crippen molar-refractivity contribution >= 4 is 5.84 Å². The van der Waals surface area contributed by atoms with Crippen LogP contribution < -0.4 is 5.32 Å². The lowest BCUT2D eigenvalue weighted by Gasteiger charge is -2.34. The summed E-state index contributed by atoms with van der Waals surface area (Å²) in [6.07, 6.45) is 7.38. The smallest absolute Gasteiger partial charge is 0.0963 e. The lowest BCUT2D eigenvalue weighted by atomic mass is 9.82. The Bertz CT molecular complexity index is 244. The maximum absolute atomic E-state index is 5.42. The van der Waals surface area contributed by atoms with Crippen molar-refractivity contribution in [1.29, 1.82) is 0 Å². The fraction of sp³-hybridized carbons (Fsp3) is 0.923. The van der Waals surface area contributed by atoms with Crippen LogP contribution in [0.3, 0.4) is 0 Å². The predicted molar refractivity (Wildman–Crippen MR) is 66.9 cm³/mol. The molecule has 92 valence electrons. The van der Waals surface area contributed by atoms with Gasteiger partial charge >= 0.3 is 0 Å². The summed E-state index contributed by atoms with van der Waals surface area (Å²) >= 11 is 0. The minimum atomic E-state index is 0.410. The number of aliphatic imine (C=N–C) groups is 1. The highest BCUT2D eigenvalue weighted by molar-refractivity contribution is 5.82. The van der Waals surface area contributed by atoms with Crippen molar-refractivity contribution in [2.24, 2.45) is 10.4 Å². The van der Waals surface area contributed by atoms with E-state index in [0.717, 1.165) is 32.7 Å². The second-order valence-corrected chi connectivity index (χ2v) is 5.42. The van der Waals surface area contributed by atoms with Crippen LogP contribution in [-0.4, -0.2) is 32.1 Å². The van der Waals surface area contributed by atoms with Crippen LogP contribution in [0.25, 0.3) is 0 Å². The van der Waals surface area contributed by atoms with Gasteiger partial charge in [-0.25, -0.2) is 0 Å². The molecule has 2 aliphatic rings. The van der Waals surface area contributed by atoms with Gasteiger partial charge in [-0.05, 0) is 31.1 Å². The van der Waals surface area contributed by atoms with Gasteiger partial charge in [-0.2, -0.15) is 0 Å². The molecule has 3 nitrogen and oxygen atoms in total. The molecule has 0 saturated carbocycles. The fourth-order valence-corrected chi connectivity index (χ4v) is 2.37. The first-order valence-corrected chi connectivity index (χ1v) is 6.63. The Morgan fingerprint density at radius 3 is 2.88 bits per heavy atom. The summed E-state index contributed by atoms with van der Waals surface area (Å²) < 4.78 is 5.42. The summed E-state index contributed by atoms with van der Waals surface area (Å²) in [6, 6.07) is 0. The molecule has 3 heteroatoms. The Morgan fingerprint density at radius 1 is 1.25 bits per heavy atom. The van der Waals surface area contributed by atoms with E-state index in [2.05, 4.69) is 17.2 Å². The molecule has 2 heterocycles. The number of hydrogen-bond donors (Lipinski definition) is 1. The summed E-state index contributed by atoms with van der Waals surface area (Å²) in [4.78, 5) is 4.61. The average Bonchev–Trinajstić information content (AvgIpc) is 2.56. The highest BCUT2D eigenvalue weighted by atomic mass is 16.5. The van der Waals surface area contributed by atoms with E-state index in [1.165, 1.54) is 37.9 Å². The molecule has 0 aromatic rings. The van der Waals surface area contributed by atoms with Gasteiger partial charge in [0.05, 0.1) is 5.84 Å². The number of nitrogens with zero attached hydrogens (tertiary/aromatic N) is 1. The monoisotopic (exact) mass is 224 g/mol. The van der Waals surface area contributed by atoms with Gasteiger partial charge < -0.3 is 10.1 Å². The molecule has 1 N–H and O–H groups in total. The van der Waals surface area contributed by atoms with Crippen molar-refractivity contribution < 1.29 is 4.74 Å². The van der Waals surface area contributed by atoms with E-state index in [1.54, 1.807) is 0 Å². The van der Waals surface area contributed by atoms with Gasteiger partial charge in [-0.3, -0.25) is 4.99 Å². The Kier molecular flexibility index (Phi) is 4.22. The zero-order chi connectivity index (χ0) is 11.3. The maximum atomic E-state index is 5.42. The van der Waals surface area contributed by atoms with Crippen LogP contribution in [0.4, 0.5) is 0 Å². The van der Waals surface area contributed by atoms with E-state index in [4.69, 9.17) is 4.74 Å². The third kappa shape index (κ3) is 3.48. The van der Waals surface area contributed by atoms with Crippen LogP contribution in [0.1, 0.15) is 45.4 Å². The van der Waals surface area contributed by atoms with Gasteiger partial charge in [0.2, 0.25) is 0 Å². The molecule has 0 aromatic carbocycles. The fourth-order valence-electron chi connectivity index (χ4n) is 2.37. The molecule has 0 aliphatic carbocycles. The summed E-state index contributed by atoms with van der Waals surface area (Å²) in [5.41, 5.74) is 0.410. The van der Waals surface area contributed by atoms with Crippen LogP contribution in [0, 0.1) is 5.41 Å². The molecule has 0 atom stereocenters. The molecule has 1 saturated heterocycles. The first-order chi connectivity index (χ1) is 7.79. The summed E-state index contributed by atoms with van der Waals surface area (Å²) in [6.45, 7) is 6.28. The van der Waals surface area contributed by atoms with E-state index < -0.39 is 0 Å². The topological polar surface area (TPSA) is 33.6 Å². The largest absolute Gasteiger partial charge is 0.381 e.